The second-order valence-corrected chi connectivity index (χ2v) is 4.78. The third kappa shape index (κ3) is 2.01. The summed E-state index contributed by atoms with van der Waals surface area (Å²) in [5.41, 5.74) is 0.825. The number of nitrogens with two attached hydrogens (primary N) is 1. The minimum Gasteiger partial charge on any atom is -0.243 e. The Labute approximate surface area is 90.0 Å². The number of primary sulfonamides is 1. The number of aromatic nitrogens is 3. The second-order valence-electron chi connectivity index (χ2n) is 2.69. The van der Waals surface area contributed by atoms with E-state index >= 15 is 0 Å². The molecule has 0 atom stereocenters. The molecule has 0 saturated carbocycles. The minimum atomic E-state index is -3.83. The highest BCUT2D eigenvalue weighted by Gasteiger charge is 2.17. The smallest absolute Gasteiger partial charge is 0.243 e. The highest BCUT2D eigenvalue weighted by atomic mass is 32.2. The molecule has 2 N–H and O–H groups in total. The normalized spacial score (nSPS) is 11.5. The van der Waals surface area contributed by atoms with Crippen molar-refractivity contribution >= 4 is 21.6 Å². The van der Waals surface area contributed by atoms with Crippen LogP contribution in [0.25, 0.3) is 11.3 Å². The molecule has 78 valence electrons. The molecule has 0 amide bonds. The standard InChI is InChI=1S/C7H6N4O2S2/c8-15(12,13)7-5(2-1-3-9-7)6-4-14-11-10-6/h1-4H,(H2,8,12,13). The molecule has 15 heavy (non-hydrogen) atoms. The molecular weight excluding hydrogens is 236 g/mol. The Morgan fingerprint density at radius 2 is 2.20 bits per heavy atom. The van der Waals surface area contributed by atoms with Crippen LogP contribution in [0.5, 0.6) is 0 Å². The highest BCUT2D eigenvalue weighted by Crippen LogP contribution is 2.22. The molecular formula is C7H6N4O2S2. The zero-order valence-corrected chi connectivity index (χ0v) is 8.99. The molecule has 6 nitrogen and oxygen atoms in total. The Hall–Kier alpha value is -1.38. The number of pyridine rings is 1. The zero-order valence-electron chi connectivity index (χ0n) is 7.36. The van der Waals surface area contributed by atoms with Gasteiger partial charge < -0.3 is 0 Å². The second kappa shape index (κ2) is 3.65. The summed E-state index contributed by atoms with van der Waals surface area (Å²) in [5.74, 6) is 0. The maximum absolute atomic E-state index is 11.2. The Bertz CT molecular complexity index is 564. The van der Waals surface area contributed by atoms with Gasteiger partial charge >= 0.3 is 0 Å². The van der Waals surface area contributed by atoms with E-state index in [4.69, 9.17) is 5.14 Å². The molecule has 2 heterocycles. The third-order valence-electron chi connectivity index (χ3n) is 1.68. The fraction of sp³-hybridized carbons (Fsp3) is 0. The van der Waals surface area contributed by atoms with E-state index in [9.17, 15) is 8.42 Å². The number of hydrogen-bond donors (Lipinski definition) is 1. The van der Waals surface area contributed by atoms with E-state index in [2.05, 4.69) is 14.6 Å². The van der Waals surface area contributed by atoms with Crippen molar-refractivity contribution in [2.45, 2.75) is 5.03 Å². The first-order chi connectivity index (χ1) is 7.09. The van der Waals surface area contributed by atoms with Crippen LogP contribution in [0.4, 0.5) is 0 Å². The van der Waals surface area contributed by atoms with E-state index in [1.807, 2.05) is 0 Å². The Morgan fingerprint density at radius 3 is 2.80 bits per heavy atom. The molecule has 0 aliphatic rings. The molecule has 0 aromatic carbocycles. The van der Waals surface area contributed by atoms with Crippen LogP contribution in [0.3, 0.4) is 0 Å². The molecule has 0 radical (unpaired) electrons. The van der Waals surface area contributed by atoms with Crippen LogP contribution in [-0.2, 0) is 10.0 Å². The van der Waals surface area contributed by atoms with Gasteiger partial charge in [-0.1, -0.05) is 4.49 Å². The topological polar surface area (TPSA) is 98.8 Å². The van der Waals surface area contributed by atoms with Gasteiger partial charge in [-0.2, -0.15) is 0 Å². The van der Waals surface area contributed by atoms with Crippen LogP contribution in [0.2, 0.25) is 0 Å². The van der Waals surface area contributed by atoms with Crippen molar-refractivity contribution < 1.29 is 8.42 Å². The van der Waals surface area contributed by atoms with Gasteiger partial charge in [0.1, 0.15) is 5.69 Å². The van der Waals surface area contributed by atoms with Crippen molar-refractivity contribution in [2.24, 2.45) is 5.14 Å². The van der Waals surface area contributed by atoms with Crippen molar-refractivity contribution in [3.63, 3.8) is 0 Å². The van der Waals surface area contributed by atoms with Gasteiger partial charge in [0, 0.05) is 17.1 Å². The van der Waals surface area contributed by atoms with E-state index in [1.54, 1.807) is 17.5 Å². The lowest BCUT2D eigenvalue weighted by molar-refractivity contribution is 0.594. The fourth-order valence-corrected chi connectivity index (χ4v) is 2.24. The summed E-state index contributed by atoms with van der Waals surface area (Å²) in [4.78, 5) is 3.73. The maximum Gasteiger partial charge on any atom is 0.256 e. The lowest BCUT2D eigenvalue weighted by atomic mass is 10.2. The first-order valence-corrected chi connectivity index (χ1v) is 6.22. The predicted molar refractivity (Wildman–Crippen MR) is 54.5 cm³/mol. The summed E-state index contributed by atoms with van der Waals surface area (Å²) in [7, 11) is -3.83. The first-order valence-electron chi connectivity index (χ1n) is 3.84. The minimum absolute atomic E-state index is 0.183. The van der Waals surface area contributed by atoms with E-state index in [1.165, 1.54) is 6.20 Å². The van der Waals surface area contributed by atoms with E-state index in [0.29, 0.717) is 11.3 Å². The lowest BCUT2D eigenvalue weighted by Crippen LogP contribution is -2.15. The summed E-state index contributed by atoms with van der Waals surface area (Å²) in [5, 5.41) is 10.2. The largest absolute Gasteiger partial charge is 0.256 e. The van der Waals surface area contributed by atoms with Gasteiger partial charge in [0.2, 0.25) is 0 Å². The maximum atomic E-state index is 11.2. The van der Waals surface area contributed by atoms with Gasteiger partial charge in [-0.05, 0) is 23.7 Å². The van der Waals surface area contributed by atoms with Gasteiger partial charge in [0.05, 0.1) is 0 Å². The molecule has 2 aromatic heterocycles. The summed E-state index contributed by atoms with van der Waals surface area (Å²) >= 11 is 1.13. The average Bonchev–Trinajstić information content (AvgIpc) is 2.69. The number of nitrogens with zero attached hydrogens (tertiary/aromatic N) is 3. The monoisotopic (exact) mass is 242 g/mol. The molecule has 0 spiro atoms. The van der Waals surface area contributed by atoms with Crippen molar-refractivity contribution in [1.29, 1.82) is 0 Å². The van der Waals surface area contributed by atoms with E-state index in [-0.39, 0.29) is 5.03 Å². The van der Waals surface area contributed by atoms with Crippen LogP contribution >= 0.6 is 11.5 Å². The molecule has 0 aliphatic heterocycles. The van der Waals surface area contributed by atoms with Crippen LogP contribution in [0.1, 0.15) is 0 Å². The van der Waals surface area contributed by atoms with Crippen molar-refractivity contribution in [1.82, 2.24) is 14.6 Å². The number of hydrogen-bond acceptors (Lipinski definition) is 6. The number of rotatable bonds is 2. The van der Waals surface area contributed by atoms with Crippen LogP contribution < -0.4 is 5.14 Å². The molecule has 8 heteroatoms. The molecule has 0 aliphatic carbocycles. The zero-order chi connectivity index (χ0) is 10.9. The van der Waals surface area contributed by atoms with Gasteiger partial charge in [-0.3, -0.25) is 0 Å². The van der Waals surface area contributed by atoms with Gasteiger partial charge in [-0.25, -0.2) is 18.5 Å². The highest BCUT2D eigenvalue weighted by molar-refractivity contribution is 7.89. The fourth-order valence-electron chi connectivity index (χ4n) is 1.09. The predicted octanol–water partition coefficient (Wildman–Crippen LogP) is 0.248. The summed E-state index contributed by atoms with van der Waals surface area (Å²) in [6, 6.07) is 3.20. The van der Waals surface area contributed by atoms with E-state index < -0.39 is 10.0 Å². The lowest BCUT2D eigenvalue weighted by Gasteiger charge is -2.02. The van der Waals surface area contributed by atoms with Crippen molar-refractivity contribution in [3.8, 4) is 11.3 Å². The van der Waals surface area contributed by atoms with Crippen LogP contribution in [0.15, 0.2) is 28.7 Å². The molecule has 0 bridgehead atoms. The Morgan fingerprint density at radius 1 is 1.40 bits per heavy atom. The van der Waals surface area contributed by atoms with Crippen LogP contribution in [0, 0.1) is 0 Å². The Balaban J connectivity index is 2.68. The Kier molecular flexibility index (Phi) is 2.47. The molecule has 0 fully saturated rings. The molecule has 2 rings (SSSR count). The third-order valence-corrected chi connectivity index (χ3v) is 3.05. The van der Waals surface area contributed by atoms with E-state index in [0.717, 1.165) is 11.5 Å². The van der Waals surface area contributed by atoms with Crippen LogP contribution in [-0.4, -0.2) is 23.0 Å². The summed E-state index contributed by atoms with van der Waals surface area (Å²) in [6.07, 6.45) is 1.36. The molecule has 0 saturated heterocycles. The summed E-state index contributed by atoms with van der Waals surface area (Å²) < 4.78 is 26.1. The first kappa shape index (κ1) is 10.1. The average molecular weight is 242 g/mol. The quantitative estimate of drug-likeness (QED) is 0.813. The van der Waals surface area contributed by atoms with Gasteiger partial charge in [-0.15, -0.1) is 5.10 Å². The summed E-state index contributed by atoms with van der Waals surface area (Å²) in [6.45, 7) is 0. The molecule has 2 aromatic rings. The molecule has 0 unspecified atom stereocenters. The van der Waals surface area contributed by atoms with Gasteiger partial charge in [0.15, 0.2) is 5.03 Å². The SMILES string of the molecule is NS(=O)(=O)c1ncccc1-c1csnn1. The van der Waals surface area contributed by atoms with Crippen molar-refractivity contribution in [2.75, 3.05) is 0 Å². The van der Waals surface area contributed by atoms with Gasteiger partial charge in [0.25, 0.3) is 10.0 Å². The number of sulfonamides is 1. The van der Waals surface area contributed by atoms with Crippen molar-refractivity contribution in [3.05, 3.63) is 23.7 Å².